The number of hydrogen-bond donors (Lipinski definition) is 0. The zero-order valence-corrected chi connectivity index (χ0v) is 12.1. The smallest absolute Gasteiger partial charge is 0.143 e. The predicted octanol–water partition coefficient (Wildman–Crippen LogP) is 3.22. The molecule has 1 fully saturated rings. The lowest BCUT2D eigenvalue weighted by molar-refractivity contribution is -0.123. The molecule has 1 aromatic rings. The Bertz CT molecular complexity index is 386. The van der Waals surface area contributed by atoms with Crippen molar-refractivity contribution in [1.29, 1.82) is 0 Å². The van der Waals surface area contributed by atoms with E-state index in [2.05, 4.69) is 29.5 Å². The normalized spacial score (nSPS) is 23.9. The summed E-state index contributed by atoms with van der Waals surface area (Å²) in [5.41, 5.74) is 1.11. The summed E-state index contributed by atoms with van der Waals surface area (Å²) in [5.74, 6) is 0.440. The maximum atomic E-state index is 12.2. The molecule has 1 aliphatic rings. The van der Waals surface area contributed by atoms with Crippen LogP contribution in [0.25, 0.3) is 0 Å². The molecular weight excluding hydrogens is 327 g/mol. The summed E-state index contributed by atoms with van der Waals surface area (Å²) < 4.78 is 6.77. The molecule has 92 valence electrons. The molecule has 2 atom stereocenters. The molecule has 0 bridgehead atoms. The zero-order chi connectivity index (χ0) is 12.3. The molecule has 1 aliphatic heterocycles. The molecule has 0 amide bonds. The second-order valence-corrected chi connectivity index (χ2v) is 5.73. The van der Waals surface area contributed by atoms with E-state index in [1.165, 1.54) is 3.57 Å². The van der Waals surface area contributed by atoms with Gasteiger partial charge >= 0.3 is 0 Å². The molecule has 1 aromatic carbocycles. The molecule has 2 unspecified atom stereocenters. The van der Waals surface area contributed by atoms with E-state index in [1.807, 2.05) is 24.3 Å². The average molecular weight is 344 g/mol. The lowest BCUT2D eigenvalue weighted by Crippen LogP contribution is -2.25. The van der Waals surface area contributed by atoms with Gasteiger partial charge in [0.05, 0.1) is 6.10 Å². The minimum Gasteiger partial charge on any atom is -0.377 e. The number of carbonyl (C=O) groups is 1. The Morgan fingerprint density at radius 1 is 1.41 bits per heavy atom. The lowest BCUT2D eigenvalue weighted by Gasteiger charge is -2.15. The number of carbonyl (C=O) groups excluding carboxylic acids is 1. The molecule has 0 radical (unpaired) electrons. The molecule has 3 heteroatoms. The summed E-state index contributed by atoms with van der Waals surface area (Å²) in [7, 11) is 0. The Morgan fingerprint density at radius 2 is 2.12 bits per heavy atom. The molecule has 0 aliphatic carbocycles. The first-order valence-corrected chi connectivity index (χ1v) is 7.17. The largest absolute Gasteiger partial charge is 0.377 e. The first-order chi connectivity index (χ1) is 8.20. The van der Waals surface area contributed by atoms with E-state index >= 15 is 0 Å². The predicted molar refractivity (Wildman–Crippen MR) is 76.0 cm³/mol. The molecule has 0 saturated carbocycles. The molecule has 2 rings (SSSR count). The van der Waals surface area contributed by atoms with Gasteiger partial charge in [-0.25, -0.2) is 0 Å². The highest BCUT2D eigenvalue weighted by atomic mass is 127. The summed E-state index contributed by atoms with van der Waals surface area (Å²) in [4.78, 5) is 12.2. The molecule has 2 nitrogen and oxygen atoms in total. The van der Waals surface area contributed by atoms with E-state index in [0.29, 0.717) is 12.2 Å². The fourth-order valence-electron chi connectivity index (χ4n) is 2.35. The van der Waals surface area contributed by atoms with Gasteiger partial charge in [-0.3, -0.25) is 4.79 Å². The van der Waals surface area contributed by atoms with E-state index in [0.717, 1.165) is 25.0 Å². The maximum absolute atomic E-state index is 12.2. The Balaban J connectivity index is 1.99. The van der Waals surface area contributed by atoms with Crippen molar-refractivity contribution < 1.29 is 9.53 Å². The van der Waals surface area contributed by atoms with Crippen LogP contribution < -0.4 is 0 Å². The molecule has 17 heavy (non-hydrogen) atoms. The summed E-state index contributed by atoms with van der Waals surface area (Å²) in [6.07, 6.45) is 2.51. The second kappa shape index (κ2) is 5.96. The van der Waals surface area contributed by atoms with Gasteiger partial charge in [-0.15, -0.1) is 0 Å². The topological polar surface area (TPSA) is 26.3 Å². The van der Waals surface area contributed by atoms with E-state index in [-0.39, 0.29) is 12.0 Å². The van der Waals surface area contributed by atoms with Crippen LogP contribution in [0, 0.1) is 9.49 Å². The quantitative estimate of drug-likeness (QED) is 0.784. The van der Waals surface area contributed by atoms with Crippen LogP contribution in [0.3, 0.4) is 0 Å². The number of benzene rings is 1. The van der Waals surface area contributed by atoms with Gasteiger partial charge in [-0.2, -0.15) is 0 Å². The Labute approximate surface area is 116 Å². The summed E-state index contributed by atoms with van der Waals surface area (Å²) >= 11 is 2.27. The summed E-state index contributed by atoms with van der Waals surface area (Å²) in [5, 5.41) is 0. The molecule has 1 saturated heterocycles. The molecule has 1 heterocycles. The van der Waals surface area contributed by atoms with Gasteiger partial charge in [0.2, 0.25) is 0 Å². The third-order valence-corrected chi connectivity index (χ3v) is 4.04. The van der Waals surface area contributed by atoms with Gasteiger partial charge in [-0.05, 0) is 53.1 Å². The number of Topliss-reactive ketones (excluding diaryl/α,β-unsaturated/α-hetero) is 1. The van der Waals surface area contributed by atoms with Crippen molar-refractivity contribution in [3.63, 3.8) is 0 Å². The average Bonchev–Trinajstić information content (AvgIpc) is 2.80. The minimum absolute atomic E-state index is 0.110. The van der Waals surface area contributed by atoms with Crippen molar-refractivity contribution in [3.8, 4) is 0 Å². The van der Waals surface area contributed by atoms with Gasteiger partial charge in [0, 0.05) is 22.5 Å². The highest BCUT2D eigenvalue weighted by Crippen LogP contribution is 2.25. The number of ketones is 1. The molecule has 0 N–H and O–H groups in total. The number of hydrogen-bond acceptors (Lipinski definition) is 2. The van der Waals surface area contributed by atoms with Crippen LogP contribution >= 0.6 is 22.6 Å². The Hall–Kier alpha value is -0.420. The van der Waals surface area contributed by atoms with Crippen molar-refractivity contribution in [2.45, 2.75) is 32.3 Å². The highest BCUT2D eigenvalue weighted by Gasteiger charge is 2.32. The molecular formula is C14H17IO2. The van der Waals surface area contributed by atoms with Gasteiger partial charge in [0.1, 0.15) is 5.78 Å². The first kappa shape index (κ1) is 13.0. The number of halogens is 1. The van der Waals surface area contributed by atoms with Gasteiger partial charge < -0.3 is 4.74 Å². The Kier molecular flexibility index (Phi) is 4.56. The lowest BCUT2D eigenvalue weighted by atomic mass is 9.91. The molecule has 0 aromatic heterocycles. The van der Waals surface area contributed by atoms with Crippen LogP contribution in [-0.4, -0.2) is 18.5 Å². The van der Waals surface area contributed by atoms with Crippen LogP contribution in [0.1, 0.15) is 25.3 Å². The number of ether oxygens (including phenoxy) is 1. The summed E-state index contributed by atoms with van der Waals surface area (Å²) in [6.45, 7) is 2.82. The zero-order valence-electron chi connectivity index (χ0n) is 9.99. The van der Waals surface area contributed by atoms with Gasteiger partial charge in [0.15, 0.2) is 0 Å². The van der Waals surface area contributed by atoms with Crippen molar-refractivity contribution in [1.82, 2.24) is 0 Å². The van der Waals surface area contributed by atoms with Crippen LogP contribution in [0.5, 0.6) is 0 Å². The fraction of sp³-hybridized carbons (Fsp3) is 0.500. The summed E-state index contributed by atoms with van der Waals surface area (Å²) in [6, 6.07) is 8.17. The maximum Gasteiger partial charge on any atom is 0.143 e. The van der Waals surface area contributed by atoms with Gasteiger partial charge in [0.25, 0.3) is 0 Å². The standard InChI is InChI=1S/C14H17IO2/c1-2-14-12(7-8-17-14)13(16)9-10-3-5-11(15)6-4-10/h3-6,12,14H,2,7-9H2,1H3. The van der Waals surface area contributed by atoms with Crippen molar-refractivity contribution in [3.05, 3.63) is 33.4 Å². The third kappa shape index (κ3) is 3.28. The van der Waals surface area contributed by atoms with Crippen LogP contribution in [0.4, 0.5) is 0 Å². The third-order valence-electron chi connectivity index (χ3n) is 3.32. The van der Waals surface area contributed by atoms with Crippen LogP contribution in [0.15, 0.2) is 24.3 Å². The van der Waals surface area contributed by atoms with Crippen LogP contribution in [0.2, 0.25) is 0 Å². The van der Waals surface area contributed by atoms with E-state index in [1.54, 1.807) is 0 Å². The second-order valence-electron chi connectivity index (χ2n) is 4.48. The van der Waals surface area contributed by atoms with E-state index in [4.69, 9.17) is 4.74 Å². The monoisotopic (exact) mass is 344 g/mol. The van der Waals surface area contributed by atoms with Crippen molar-refractivity contribution in [2.24, 2.45) is 5.92 Å². The fourth-order valence-corrected chi connectivity index (χ4v) is 2.71. The van der Waals surface area contributed by atoms with E-state index in [9.17, 15) is 4.79 Å². The minimum atomic E-state index is 0.110. The molecule has 0 spiro atoms. The van der Waals surface area contributed by atoms with Crippen molar-refractivity contribution >= 4 is 28.4 Å². The highest BCUT2D eigenvalue weighted by molar-refractivity contribution is 14.1. The first-order valence-electron chi connectivity index (χ1n) is 6.09. The number of rotatable bonds is 4. The van der Waals surface area contributed by atoms with Gasteiger partial charge in [-0.1, -0.05) is 19.1 Å². The SMILES string of the molecule is CCC1OCCC1C(=O)Cc1ccc(I)cc1. The Morgan fingerprint density at radius 3 is 2.76 bits per heavy atom. The van der Waals surface area contributed by atoms with E-state index < -0.39 is 0 Å². The van der Waals surface area contributed by atoms with Crippen LogP contribution in [-0.2, 0) is 16.0 Å². The van der Waals surface area contributed by atoms with Crippen molar-refractivity contribution in [2.75, 3.05) is 6.61 Å².